The minimum atomic E-state index is -0.743. The zero-order chi connectivity index (χ0) is 16.6. The summed E-state index contributed by atoms with van der Waals surface area (Å²) in [5.41, 5.74) is 0.704. The Labute approximate surface area is 134 Å². The molecule has 0 spiro atoms. The maximum Gasteiger partial charge on any atom is 0.181 e. The third-order valence-electron chi connectivity index (χ3n) is 3.90. The molecule has 8 nitrogen and oxygen atoms in total. The van der Waals surface area contributed by atoms with E-state index in [2.05, 4.69) is 15.1 Å². The fourth-order valence-electron chi connectivity index (χ4n) is 2.77. The molecule has 1 aliphatic heterocycles. The Morgan fingerprint density at radius 1 is 1.52 bits per heavy atom. The number of nitrogens with zero attached hydrogens (tertiary/aromatic N) is 5. The van der Waals surface area contributed by atoms with Crippen molar-refractivity contribution in [1.82, 2.24) is 19.5 Å². The zero-order valence-electron chi connectivity index (χ0n) is 13.4. The molecule has 2 aromatic heterocycles. The van der Waals surface area contributed by atoms with Crippen LogP contribution < -0.4 is 0 Å². The van der Waals surface area contributed by atoms with Gasteiger partial charge in [-0.2, -0.15) is 5.10 Å². The summed E-state index contributed by atoms with van der Waals surface area (Å²) in [7, 11) is 3.76. The van der Waals surface area contributed by atoms with Crippen molar-refractivity contribution in [3.63, 3.8) is 0 Å². The third-order valence-corrected chi connectivity index (χ3v) is 3.90. The first kappa shape index (κ1) is 15.9. The standard InChI is InChI=1S/C15H21N5O3/c1-15(7-21)6-12(22)13(23-15)10-4-5-11-14(17-9-19(2)3)16-8-18-20(10)11/h4-5,8-9,12-13,21-22H,6-7H2,1-3H3/t12-,13+,15+/m1/s1. The number of aliphatic hydroxyl groups excluding tert-OH is 2. The molecule has 3 heterocycles. The topological polar surface area (TPSA) is 95.5 Å². The van der Waals surface area contributed by atoms with E-state index in [4.69, 9.17) is 4.74 Å². The average Bonchev–Trinajstić information content (AvgIpc) is 3.06. The molecule has 0 aromatic carbocycles. The van der Waals surface area contributed by atoms with Crippen LogP contribution in [0.1, 0.15) is 25.1 Å². The molecular formula is C15H21N5O3. The van der Waals surface area contributed by atoms with Gasteiger partial charge in [-0.25, -0.2) is 14.5 Å². The third kappa shape index (κ3) is 2.92. The molecule has 1 saturated heterocycles. The van der Waals surface area contributed by atoms with E-state index >= 15 is 0 Å². The lowest BCUT2D eigenvalue weighted by molar-refractivity contribution is -0.0719. The van der Waals surface area contributed by atoms with Gasteiger partial charge in [-0.05, 0) is 19.1 Å². The number of aromatic nitrogens is 3. The van der Waals surface area contributed by atoms with Crippen molar-refractivity contribution >= 4 is 17.7 Å². The van der Waals surface area contributed by atoms with Crippen LogP contribution in [0, 0.1) is 0 Å². The van der Waals surface area contributed by atoms with Gasteiger partial charge < -0.3 is 19.8 Å². The number of aliphatic imine (C=N–C) groups is 1. The van der Waals surface area contributed by atoms with Crippen molar-refractivity contribution in [2.45, 2.75) is 31.2 Å². The molecule has 0 bridgehead atoms. The van der Waals surface area contributed by atoms with Gasteiger partial charge >= 0.3 is 0 Å². The van der Waals surface area contributed by atoms with Gasteiger partial charge in [-0.15, -0.1) is 0 Å². The lowest BCUT2D eigenvalue weighted by atomic mass is 10.0. The summed E-state index contributed by atoms with van der Waals surface area (Å²) in [6, 6.07) is 3.69. The molecular weight excluding hydrogens is 298 g/mol. The highest BCUT2D eigenvalue weighted by Crippen LogP contribution is 2.40. The van der Waals surface area contributed by atoms with Crippen LogP contribution in [-0.4, -0.2) is 68.5 Å². The molecule has 23 heavy (non-hydrogen) atoms. The summed E-state index contributed by atoms with van der Waals surface area (Å²) < 4.78 is 7.55. The summed E-state index contributed by atoms with van der Waals surface area (Å²) in [4.78, 5) is 10.3. The van der Waals surface area contributed by atoms with Gasteiger partial charge in [0.1, 0.15) is 17.9 Å². The number of aliphatic hydroxyl groups is 2. The van der Waals surface area contributed by atoms with Gasteiger partial charge in [0.05, 0.1) is 30.3 Å². The maximum atomic E-state index is 10.3. The smallest absolute Gasteiger partial charge is 0.181 e. The van der Waals surface area contributed by atoms with Crippen LogP contribution in [0.15, 0.2) is 23.5 Å². The maximum absolute atomic E-state index is 10.3. The first-order valence-corrected chi connectivity index (χ1v) is 7.43. The average molecular weight is 319 g/mol. The zero-order valence-corrected chi connectivity index (χ0v) is 13.4. The predicted octanol–water partition coefficient (Wildman–Crippen LogP) is 0.524. The van der Waals surface area contributed by atoms with Crippen LogP contribution in [0.25, 0.3) is 5.52 Å². The molecule has 1 aliphatic rings. The fourth-order valence-corrected chi connectivity index (χ4v) is 2.77. The van der Waals surface area contributed by atoms with Crippen LogP contribution in [0.3, 0.4) is 0 Å². The van der Waals surface area contributed by atoms with Gasteiger partial charge in [-0.1, -0.05) is 0 Å². The Morgan fingerprint density at radius 2 is 2.30 bits per heavy atom. The van der Waals surface area contributed by atoms with Crippen molar-refractivity contribution in [2.24, 2.45) is 4.99 Å². The lowest BCUT2D eigenvalue weighted by Gasteiger charge is -2.21. The van der Waals surface area contributed by atoms with Crippen LogP contribution in [0.4, 0.5) is 5.82 Å². The number of fused-ring (bicyclic) bond motifs is 1. The molecule has 0 amide bonds. The molecule has 3 rings (SSSR count). The molecule has 0 unspecified atom stereocenters. The summed E-state index contributed by atoms with van der Waals surface area (Å²) in [5, 5.41) is 24.0. The molecule has 1 fully saturated rings. The first-order chi connectivity index (χ1) is 10.9. The number of hydrogen-bond donors (Lipinski definition) is 2. The first-order valence-electron chi connectivity index (χ1n) is 7.43. The van der Waals surface area contributed by atoms with Gasteiger partial charge in [0.25, 0.3) is 0 Å². The highest BCUT2D eigenvalue weighted by molar-refractivity contribution is 5.70. The molecule has 2 N–H and O–H groups in total. The van der Waals surface area contributed by atoms with Crippen LogP contribution in [0.5, 0.6) is 0 Å². The second kappa shape index (κ2) is 5.88. The van der Waals surface area contributed by atoms with Crippen molar-refractivity contribution < 1.29 is 14.9 Å². The van der Waals surface area contributed by atoms with Crippen molar-refractivity contribution in [3.8, 4) is 0 Å². The Morgan fingerprint density at radius 3 is 2.96 bits per heavy atom. The van der Waals surface area contributed by atoms with E-state index in [0.29, 0.717) is 17.9 Å². The summed E-state index contributed by atoms with van der Waals surface area (Å²) >= 11 is 0. The Balaban J connectivity index is 1.99. The van der Waals surface area contributed by atoms with Gasteiger partial charge in [0.15, 0.2) is 5.82 Å². The van der Waals surface area contributed by atoms with E-state index in [1.807, 2.05) is 31.1 Å². The van der Waals surface area contributed by atoms with Gasteiger partial charge in [0, 0.05) is 20.5 Å². The second-order valence-corrected chi connectivity index (χ2v) is 6.27. The van der Waals surface area contributed by atoms with Crippen LogP contribution in [-0.2, 0) is 4.74 Å². The normalized spacial score (nSPS) is 28.0. The van der Waals surface area contributed by atoms with Crippen LogP contribution in [0.2, 0.25) is 0 Å². The number of ether oxygens (including phenoxy) is 1. The van der Waals surface area contributed by atoms with E-state index in [-0.39, 0.29) is 6.61 Å². The quantitative estimate of drug-likeness (QED) is 0.630. The van der Waals surface area contributed by atoms with E-state index in [1.54, 1.807) is 17.8 Å². The Bertz CT molecular complexity index is 729. The second-order valence-electron chi connectivity index (χ2n) is 6.27. The number of hydrogen-bond acceptors (Lipinski definition) is 6. The highest BCUT2D eigenvalue weighted by Gasteiger charge is 2.44. The largest absolute Gasteiger partial charge is 0.393 e. The van der Waals surface area contributed by atoms with Crippen molar-refractivity contribution in [2.75, 3.05) is 20.7 Å². The molecule has 0 saturated carbocycles. The van der Waals surface area contributed by atoms with E-state index in [0.717, 1.165) is 5.52 Å². The fraction of sp³-hybridized carbons (Fsp3) is 0.533. The summed E-state index contributed by atoms with van der Waals surface area (Å²) in [6.45, 7) is 1.64. The highest BCUT2D eigenvalue weighted by atomic mass is 16.5. The SMILES string of the molecule is CN(C)C=Nc1ncnn2c([C@@H]3O[C@](C)(CO)C[C@H]3O)ccc12. The monoisotopic (exact) mass is 319 g/mol. The van der Waals surface area contributed by atoms with Crippen LogP contribution >= 0.6 is 0 Å². The molecule has 0 radical (unpaired) electrons. The van der Waals surface area contributed by atoms with Gasteiger partial charge in [-0.3, -0.25) is 0 Å². The molecule has 0 aliphatic carbocycles. The Kier molecular flexibility index (Phi) is 4.05. The van der Waals surface area contributed by atoms with E-state index in [9.17, 15) is 10.2 Å². The van der Waals surface area contributed by atoms with Crippen molar-refractivity contribution in [3.05, 3.63) is 24.2 Å². The van der Waals surface area contributed by atoms with Crippen molar-refractivity contribution in [1.29, 1.82) is 0 Å². The molecule has 8 heteroatoms. The summed E-state index contributed by atoms with van der Waals surface area (Å²) in [6.07, 6.45) is 2.21. The molecule has 2 aromatic rings. The minimum Gasteiger partial charge on any atom is -0.393 e. The predicted molar refractivity (Wildman–Crippen MR) is 84.8 cm³/mol. The van der Waals surface area contributed by atoms with E-state index in [1.165, 1.54) is 6.33 Å². The van der Waals surface area contributed by atoms with Gasteiger partial charge in [0.2, 0.25) is 0 Å². The minimum absolute atomic E-state index is 0.142. The summed E-state index contributed by atoms with van der Waals surface area (Å²) in [5.74, 6) is 0.539. The van der Waals surface area contributed by atoms with E-state index < -0.39 is 17.8 Å². The molecule has 3 atom stereocenters. The lowest BCUT2D eigenvalue weighted by Crippen LogP contribution is -2.28. The Hall–Kier alpha value is -2.03. The molecule has 124 valence electrons. The number of rotatable bonds is 4.